The van der Waals surface area contributed by atoms with Crippen LogP contribution in [-0.2, 0) is 0 Å². The summed E-state index contributed by atoms with van der Waals surface area (Å²) >= 11 is 0. The third-order valence-corrected chi connectivity index (χ3v) is 2.34. The molecule has 0 radical (unpaired) electrons. The molecule has 2 rings (SSSR count). The van der Waals surface area contributed by atoms with Gasteiger partial charge in [-0.15, -0.1) is 0 Å². The van der Waals surface area contributed by atoms with Crippen LogP contribution in [0.25, 0.3) is 11.4 Å². The Morgan fingerprint density at radius 3 is 2.75 bits per heavy atom. The highest BCUT2D eigenvalue weighted by Crippen LogP contribution is 2.21. The Bertz CT molecular complexity index is 637. The first-order valence-electron chi connectivity index (χ1n) is 4.98. The zero-order valence-corrected chi connectivity index (χ0v) is 9.43. The highest BCUT2D eigenvalue weighted by Gasteiger charge is 2.18. The van der Waals surface area contributed by atoms with E-state index in [9.17, 15) is 9.90 Å². The lowest BCUT2D eigenvalue weighted by Crippen LogP contribution is -2.36. The van der Waals surface area contributed by atoms with Crippen LogP contribution < -0.4 is 10.8 Å². The maximum atomic E-state index is 12.0. The molecule has 2 aromatic rings. The predicted molar refractivity (Wildman–Crippen MR) is 60.0 cm³/mol. The molecule has 5 heteroatoms. The standard InChI is InChI=1S/C11H13N3O2/c1-11(2,3)9(15)7-6-12-8-4-5-13-14(8)10(7)16/h4-6,15H,1-3H3. The maximum absolute atomic E-state index is 12.0. The molecule has 0 aliphatic heterocycles. The molecule has 0 atom stereocenters. The molecule has 2 aromatic heterocycles. The molecule has 2 heterocycles. The van der Waals surface area contributed by atoms with Crippen molar-refractivity contribution in [1.29, 1.82) is 0 Å². The van der Waals surface area contributed by atoms with Crippen LogP contribution in [0.3, 0.4) is 0 Å². The Labute approximate surface area is 92.0 Å². The second-order valence-corrected chi connectivity index (χ2v) is 4.68. The van der Waals surface area contributed by atoms with Crippen molar-refractivity contribution in [3.05, 3.63) is 34.0 Å². The van der Waals surface area contributed by atoms with Gasteiger partial charge in [-0.05, 0) is 0 Å². The van der Waals surface area contributed by atoms with E-state index in [2.05, 4.69) is 10.1 Å². The van der Waals surface area contributed by atoms with Crippen molar-refractivity contribution in [2.45, 2.75) is 20.8 Å². The van der Waals surface area contributed by atoms with Crippen LogP contribution in [-0.4, -0.2) is 19.7 Å². The normalized spacial score (nSPS) is 14.2. The average Bonchev–Trinajstić information content (AvgIpc) is 2.64. The summed E-state index contributed by atoms with van der Waals surface area (Å²) < 4.78 is 1.18. The van der Waals surface area contributed by atoms with E-state index in [0.717, 1.165) is 0 Å². The van der Waals surface area contributed by atoms with Crippen molar-refractivity contribution < 1.29 is 5.11 Å². The molecule has 0 aliphatic rings. The minimum absolute atomic E-state index is 0.0300. The number of hydrogen-bond donors (Lipinski definition) is 1. The van der Waals surface area contributed by atoms with Gasteiger partial charge in [0.05, 0.1) is 11.4 Å². The Hall–Kier alpha value is -1.91. The van der Waals surface area contributed by atoms with Gasteiger partial charge in [-0.2, -0.15) is 9.61 Å². The highest BCUT2D eigenvalue weighted by atomic mass is 16.3. The van der Waals surface area contributed by atoms with Gasteiger partial charge in [0, 0.05) is 17.7 Å². The van der Waals surface area contributed by atoms with Crippen LogP contribution in [0, 0.1) is 5.41 Å². The number of rotatable bonds is 0. The van der Waals surface area contributed by atoms with Gasteiger partial charge < -0.3 is 5.11 Å². The third kappa shape index (κ3) is 1.54. The number of nitrogens with zero attached hydrogens (tertiary/aromatic N) is 3. The fourth-order valence-electron chi connectivity index (χ4n) is 1.42. The minimum Gasteiger partial charge on any atom is -0.511 e. The van der Waals surface area contributed by atoms with Gasteiger partial charge in [0.2, 0.25) is 0 Å². The molecule has 0 amide bonds. The van der Waals surface area contributed by atoms with Crippen molar-refractivity contribution in [3.8, 4) is 0 Å². The molecule has 0 unspecified atom stereocenters. The lowest BCUT2D eigenvalue weighted by molar-refractivity contribution is 0.368. The SMILES string of the molecule is CC(C)(C)C(O)=c1cnc2ccnn2c1=O. The number of hydrogen-bond acceptors (Lipinski definition) is 4. The summed E-state index contributed by atoms with van der Waals surface area (Å²) in [5, 5.41) is 14.0. The van der Waals surface area contributed by atoms with Gasteiger partial charge in [-0.25, -0.2) is 4.98 Å². The largest absolute Gasteiger partial charge is 0.511 e. The summed E-state index contributed by atoms with van der Waals surface area (Å²) in [5.74, 6) is 0.0300. The molecule has 0 aromatic carbocycles. The van der Waals surface area contributed by atoms with Crippen LogP contribution in [0.4, 0.5) is 0 Å². The first kappa shape index (κ1) is 10.6. The van der Waals surface area contributed by atoms with Crippen molar-refractivity contribution in [2.75, 3.05) is 0 Å². The number of fused-ring (bicyclic) bond motifs is 1. The molecule has 16 heavy (non-hydrogen) atoms. The summed E-state index contributed by atoms with van der Waals surface area (Å²) in [6, 6.07) is 1.64. The molecule has 5 nitrogen and oxygen atoms in total. The van der Waals surface area contributed by atoms with E-state index in [1.165, 1.54) is 16.9 Å². The Morgan fingerprint density at radius 2 is 2.12 bits per heavy atom. The zero-order chi connectivity index (χ0) is 11.9. The maximum Gasteiger partial charge on any atom is 0.285 e. The molecular formula is C11H13N3O2. The molecule has 0 fully saturated rings. The van der Waals surface area contributed by atoms with E-state index in [0.29, 0.717) is 5.65 Å². The van der Waals surface area contributed by atoms with Crippen LogP contribution in [0.5, 0.6) is 0 Å². The third-order valence-electron chi connectivity index (χ3n) is 2.34. The van der Waals surface area contributed by atoms with Crippen LogP contribution >= 0.6 is 0 Å². The predicted octanol–water partition coefficient (Wildman–Crippen LogP) is 0.521. The first-order valence-corrected chi connectivity index (χ1v) is 4.98. The van der Waals surface area contributed by atoms with E-state index >= 15 is 0 Å². The fraction of sp³-hybridized carbons (Fsp3) is 0.364. The molecular weight excluding hydrogens is 206 g/mol. The van der Waals surface area contributed by atoms with Gasteiger partial charge in [0.25, 0.3) is 5.56 Å². The summed E-state index contributed by atoms with van der Waals surface area (Å²) in [7, 11) is 0. The van der Waals surface area contributed by atoms with Gasteiger partial charge in [-0.3, -0.25) is 4.79 Å². The fourth-order valence-corrected chi connectivity index (χ4v) is 1.42. The monoisotopic (exact) mass is 219 g/mol. The molecule has 0 spiro atoms. The van der Waals surface area contributed by atoms with E-state index in [1.807, 2.05) is 20.8 Å². The number of aromatic nitrogens is 3. The van der Waals surface area contributed by atoms with Crippen molar-refractivity contribution >= 4 is 11.4 Å². The number of aliphatic hydroxyl groups excluding tert-OH is 1. The van der Waals surface area contributed by atoms with Gasteiger partial charge >= 0.3 is 0 Å². The lowest BCUT2D eigenvalue weighted by atomic mass is 9.93. The van der Waals surface area contributed by atoms with Crippen LogP contribution in [0.2, 0.25) is 0 Å². The van der Waals surface area contributed by atoms with Crippen molar-refractivity contribution in [3.63, 3.8) is 0 Å². The molecule has 84 valence electrons. The smallest absolute Gasteiger partial charge is 0.285 e. The van der Waals surface area contributed by atoms with Gasteiger partial charge in [-0.1, -0.05) is 20.8 Å². The zero-order valence-electron chi connectivity index (χ0n) is 9.43. The summed E-state index contributed by atoms with van der Waals surface area (Å²) in [5.41, 5.74) is -0.348. The van der Waals surface area contributed by atoms with E-state index in [4.69, 9.17) is 0 Å². The Balaban J connectivity index is 2.91. The number of aliphatic hydroxyl groups is 1. The minimum atomic E-state index is -0.484. The molecule has 0 saturated carbocycles. The summed E-state index contributed by atoms with van der Waals surface area (Å²) in [4.78, 5) is 16.0. The molecule has 0 saturated heterocycles. The van der Waals surface area contributed by atoms with Crippen molar-refractivity contribution in [1.82, 2.24) is 14.6 Å². The lowest BCUT2D eigenvalue weighted by Gasteiger charge is -2.16. The van der Waals surface area contributed by atoms with Crippen LogP contribution in [0.15, 0.2) is 23.3 Å². The first-order chi connectivity index (χ1) is 7.41. The molecule has 0 aliphatic carbocycles. The average molecular weight is 219 g/mol. The topological polar surface area (TPSA) is 67.5 Å². The van der Waals surface area contributed by atoms with Gasteiger partial charge in [0.1, 0.15) is 5.76 Å². The summed E-state index contributed by atoms with van der Waals surface area (Å²) in [6.07, 6.45) is 2.89. The van der Waals surface area contributed by atoms with E-state index in [1.54, 1.807) is 6.07 Å². The highest BCUT2D eigenvalue weighted by molar-refractivity contribution is 5.42. The van der Waals surface area contributed by atoms with E-state index in [-0.39, 0.29) is 16.5 Å². The Kier molecular flexibility index (Phi) is 2.18. The molecule has 1 N–H and O–H groups in total. The van der Waals surface area contributed by atoms with Gasteiger partial charge in [0.15, 0.2) is 5.65 Å². The Morgan fingerprint density at radius 1 is 1.44 bits per heavy atom. The van der Waals surface area contributed by atoms with Crippen LogP contribution in [0.1, 0.15) is 20.8 Å². The molecule has 0 bridgehead atoms. The summed E-state index contributed by atoms with van der Waals surface area (Å²) in [6.45, 7) is 5.49. The second-order valence-electron chi connectivity index (χ2n) is 4.68. The quantitative estimate of drug-likeness (QED) is 0.701. The second kappa shape index (κ2) is 3.30. The van der Waals surface area contributed by atoms with Crippen molar-refractivity contribution in [2.24, 2.45) is 5.41 Å². The van der Waals surface area contributed by atoms with E-state index < -0.39 is 5.41 Å².